The van der Waals surface area contributed by atoms with Crippen LogP contribution in [0.5, 0.6) is 11.5 Å². The Hall–Kier alpha value is -3.60. The molecule has 3 rings (SSSR count). The lowest BCUT2D eigenvalue weighted by molar-refractivity contribution is -0.688. The van der Waals surface area contributed by atoms with E-state index in [-0.39, 0.29) is 0 Å². The molecule has 5 heteroatoms. The minimum Gasteiger partial charge on any atom is -0.493 e. The van der Waals surface area contributed by atoms with E-state index in [1.54, 1.807) is 32.4 Å². The van der Waals surface area contributed by atoms with Gasteiger partial charge < -0.3 is 14.6 Å². The fraction of sp³-hybridized carbons (Fsp3) is 0.130. The van der Waals surface area contributed by atoms with Gasteiger partial charge in [-0.25, -0.2) is 9.36 Å². The molecule has 142 valence electrons. The van der Waals surface area contributed by atoms with Crippen LogP contribution in [0.1, 0.15) is 27.0 Å². The van der Waals surface area contributed by atoms with Crippen LogP contribution in [0, 0.1) is 0 Å². The van der Waals surface area contributed by atoms with Crippen molar-refractivity contribution >= 4 is 18.1 Å². The summed E-state index contributed by atoms with van der Waals surface area (Å²) in [5, 5.41) is 9.10. The van der Waals surface area contributed by atoms with E-state index in [1.165, 1.54) is 0 Å². The zero-order valence-corrected chi connectivity index (χ0v) is 15.8. The molecule has 28 heavy (non-hydrogen) atoms. The Bertz CT molecular complexity index is 994. The summed E-state index contributed by atoms with van der Waals surface area (Å²) in [5.41, 5.74) is 3.32. The first-order valence-electron chi connectivity index (χ1n) is 8.80. The van der Waals surface area contributed by atoms with Gasteiger partial charge in [0.2, 0.25) is 0 Å². The molecular formula is C23H22NO4+. The molecule has 0 saturated carbocycles. The third-order valence-corrected chi connectivity index (χ3v) is 4.33. The van der Waals surface area contributed by atoms with Crippen molar-refractivity contribution < 1.29 is 23.9 Å². The molecule has 0 bridgehead atoms. The Kier molecular flexibility index (Phi) is 6.07. The van der Waals surface area contributed by atoms with E-state index in [1.807, 2.05) is 65.5 Å². The quantitative estimate of drug-likeness (QED) is 0.635. The molecule has 0 aliphatic carbocycles. The van der Waals surface area contributed by atoms with Gasteiger partial charge >= 0.3 is 5.97 Å². The first kappa shape index (κ1) is 19.2. The Morgan fingerprint density at radius 2 is 1.64 bits per heavy atom. The number of carboxylic acids is 1. The van der Waals surface area contributed by atoms with Crippen LogP contribution in [0.2, 0.25) is 0 Å². The summed E-state index contributed by atoms with van der Waals surface area (Å²) in [6.45, 7) is 0.612. The number of aromatic nitrogens is 1. The van der Waals surface area contributed by atoms with Crippen LogP contribution in [0.3, 0.4) is 0 Å². The second kappa shape index (κ2) is 8.86. The van der Waals surface area contributed by atoms with Crippen molar-refractivity contribution in [3.05, 3.63) is 89.2 Å². The molecule has 1 aromatic heterocycles. The van der Waals surface area contributed by atoms with Crippen molar-refractivity contribution in [2.45, 2.75) is 6.54 Å². The summed E-state index contributed by atoms with van der Waals surface area (Å²) < 4.78 is 12.6. The summed E-state index contributed by atoms with van der Waals surface area (Å²) in [7, 11) is 3.23. The van der Waals surface area contributed by atoms with E-state index < -0.39 is 5.97 Å². The summed E-state index contributed by atoms with van der Waals surface area (Å²) in [5.74, 6) is 0.481. The van der Waals surface area contributed by atoms with Crippen molar-refractivity contribution in [1.82, 2.24) is 0 Å². The number of benzene rings is 2. The predicted octanol–water partition coefficient (Wildman–Crippen LogP) is 3.91. The zero-order valence-electron chi connectivity index (χ0n) is 15.8. The molecule has 0 atom stereocenters. The van der Waals surface area contributed by atoms with Crippen LogP contribution in [0.25, 0.3) is 12.2 Å². The normalized spacial score (nSPS) is 10.8. The molecule has 2 aromatic carbocycles. The standard InChI is InChI=1S/C23H21NO4/c1-27-21-9-8-18(15-22(21)28-2)7-6-17-10-12-24(13-11-17)16-19-4-3-5-20(14-19)23(25)26/h3-15H,16H2,1-2H3/p+1/b7-6-. The third kappa shape index (κ3) is 4.76. The van der Waals surface area contributed by atoms with Crippen molar-refractivity contribution in [2.75, 3.05) is 14.2 Å². The number of pyridine rings is 1. The van der Waals surface area contributed by atoms with E-state index >= 15 is 0 Å². The smallest absolute Gasteiger partial charge is 0.335 e. The molecule has 0 saturated heterocycles. The van der Waals surface area contributed by atoms with E-state index in [0.29, 0.717) is 23.6 Å². The molecule has 0 fully saturated rings. The van der Waals surface area contributed by atoms with E-state index in [9.17, 15) is 4.79 Å². The van der Waals surface area contributed by atoms with Crippen LogP contribution in [0.4, 0.5) is 0 Å². The molecule has 0 spiro atoms. The average molecular weight is 376 g/mol. The molecule has 0 unspecified atom stereocenters. The highest BCUT2D eigenvalue weighted by Crippen LogP contribution is 2.28. The number of methoxy groups -OCH3 is 2. The van der Waals surface area contributed by atoms with Crippen LogP contribution < -0.4 is 14.0 Å². The van der Waals surface area contributed by atoms with E-state index in [2.05, 4.69) is 0 Å². The second-order valence-electron chi connectivity index (χ2n) is 6.26. The van der Waals surface area contributed by atoms with Crippen LogP contribution in [-0.4, -0.2) is 25.3 Å². The molecular weight excluding hydrogens is 354 g/mol. The number of aromatic carboxylic acids is 1. The zero-order chi connectivity index (χ0) is 19.9. The average Bonchev–Trinajstić information content (AvgIpc) is 2.73. The summed E-state index contributed by atoms with van der Waals surface area (Å²) in [4.78, 5) is 11.1. The molecule has 0 amide bonds. The molecule has 0 aliphatic rings. The highest BCUT2D eigenvalue weighted by molar-refractivity contribution is 5.87. The second-order valence-corrected chi connectivity index (χ2v) is 6.26. The van der Waals surface area contributed by atoms with Crippen molar-refractivity contribution in [3.8, 4) is 11.5 Å². The Morgan fingerprint density at radius 1 is 0.929 bits per heavy atom. The van der Waals surface area contributed by atoms with E-state index in [0.717, 1.165) is 16.7 Å². The fourth-order valence-electron chi connectivity index (χ4n) is 2.85. The number of nitrogens with zero attached hydrogens (tertiary/aromatic N) is 1. The Labute approximate surface area is 164 Å². The largest absolute Gasteiger partial charge is 0.493 e. The number of carbonyl (C=O) groups is 1. The maximum absolute atomic E-state index is 11.1. The number of hydrogen-bond acceptors (Lipinski definition) is 3. The van der Waals surface area contributed by atoms with Gasteiger partial charge in [0.15, 0.2) is 30.4 Å². The molecule has 5 nitrogen and oxygen atoms in total. The van der Waals surface area contributed by atoms with E-state index in [4.69, 9.17) is 14.6 Å². The van der Waals surface area contributed by atoms with Gasteiger partial charge in [0.25, 0.3) is 0 Å². The number of hydrogen-bond donors (Lipinski definition) is 1. The monoisotopic (exact) mass is 376 g/mol. The summed E-state index contributed by atoms with van der Waals surface area (Å²) >= 11 is 0. The van der Waals surface area contributed by atoms with Gasteiger partial charge in [-0.2, -0.15) is 0 Å². The van der Waals surface area contributed by atoms with Crippen LogP contribution >= 0.6 is 0 Å². The maximum Gasteiger partial charge on any atom is 0.335 e. The lowest BCUT2D eigenvalue weighted by Crippen LogP contribution is -2.33. The number of carboxylic acid groups (broad SMARTS) is 1. The van der Waals surface area contributed by atoms with Crippen molar-refractivity contribution in [2.24, 2.45) is 0 Å². The molecule has 1 N–H and O–H groups in total. The first-order valence-corrected chi connectivity index (χ1v) is 8.80. The summed E-state index contributed by atoms with van der Waals surface area (Å²) in [6.07, 6.45) is 7.98. The molecule has 0 radical (unpaired) electrons. The third-order valence-electron chi connectivity index (χ3n) is 4.33. The Balaban J connectivity index is 1.70. The lowest BCUT2D eigenvalue weighted by atomic mass is 10.1. The fourth-order valence-corrected chi connectivity index (χ4v) is 2.85. The highest BCUT2D eigenvalue weighted by Gasteiger charge is 2.07. The van der Waals surface area contributed by atoms with Gasteiger partial charge in [-0.05, 0) is 35.4 Å². The minimum atomic E-state index is -0.914. The summed E-state index contributed by atoms with van der Waals surface area (Å²) in [6, 6.07) is 16.8. The van der Waals surface area contributed by atoms with Gasteiger partial charge in [-0.1, -0.05) is 30.4 Å². The molecule has 1 heterocycles. The highest BCUT2D eigenvalue weighted by atomic mass is 16.5. The lowest BCUT2D eigenvalue weighted by Gasteiger charge is -2.07. The molecule has 0 aliphatic heterocycles. The van der Waals surface area contributed by atoms with Gasteiger partial charge in [-0.3, -0.25) is 0 Å². The van der Waals surface area contributed by atoms with Gasteiger partial charge in [-0.15, -0.1) is 0 Å². The van der Waals surface area contributed by atoms with Crippen molar-refractivity contribution in [3.63, 3.8) is 0 Å². The van der Waals surface area contributed by atoms with Crippen LogP contribution in [0.15, 0.2) is 67.0 Å². The SMILES string of the molecule is COc1ccc(/C=C\c2cc[n+](Cc3cccc(C(=O)O)c3)cc2)cc1OC. The number of ether oxygens (including phenoxy) is 2. The predicted molar refractivity (Wildman–Crippen MR) is 108 cm³/mol. The minimum absolute atomic E-state index is 0.299. The van der Waals surface area contributed by atoms with Gasteiger partial charge in [0, 0.05) is 17.7 Å². The first-order chi connectivity index (χ1) is 13.6. The van der Waals surface area contributed by atoms with Gasteiger partial charge in [0.05, 0.1) is 19.8 Å². The maximum atomic E-state index is 11.1. The molecule has 3 aromatic rings. The Morgan fingerprint density at radius 3 is 2.32 bits per heavy atom. The number of rotatable bonds is 7. The topological polar surface area (TPSA) is 59.6 Å². The van der Waals surface area contributed by atoms with Crippen LogP contribution in [-0.2, 0) is 6.54 Å². The van der Waals surface area contributed by atoms with Crippen molar-refractivity contribution in [1.29, 1.82) is 0 Å². The van der Waals surface area contributed by atoms with Gasteiger partial charge in [0.1, 0.15) is 0 Å².